The smallest absolute Gasteiger partial charge is 0.240 e. The van der Waals surface area contributed by atoms with E-state index in [1.807, 2.05) is 36.6 Å². The van der Waals surface area contributed by atoms with E-state index in [-0.39, 0.29) is 6.04 Å². The summed E-state index contributed by atoms with van der Waals surface area (Å²) in [6, 6.07) is 10.7. The van der Waals surface area contributed by atoms with E-state index in [0.717, 1.165) is 12.0 Å². The second kappa shape index (κ2) is 7.17. The predicted molar refractivity (Wildman–Crippen MR) is 87.0 cm³/mol. The second-order valence-electron chi connectivity index (χ2n) is 4.99. The van der Waals surface area contributed by atoms with Crippen molar-refractivity contribution in [3.05, 3.63) is 52.2 Å². The molecule has 0 aliphatic carbocycles. The van der Waals surface area contributed by atoms with Gasteiger partial charge < -0.3 is 5.73 Å². The third-order valence-electron chi connectivity index (χ3n) is 3.11. The Hall–Kier alpha value is -1.21. The molecule has 0 spiro atoms. The largest absolute Gasteiger partial charge is 0.330 e. The van der Waals surface area contributed by atoms with Crippen LogP contribution >= 0.6 is 11.3 Å². The Labute approximate surface area is 130 Å². The van der Waals surface area contributed by atoms with Crippen LogP contribution in [0.5, 0.6) is 0 Å². The molecular formula is C15H20N2O2S2. The number of sulfonamides is 1. The van der Waals surface area contributed by atoms with Gasteiger partial charge in [0, 0.05) is 10.9 Å². The van der Waals surface area contributed by atoms with Crippen molar-refractivity contribution in [2.75, 3.05) is 6.54 Å². The van der Waals surface area contributed by atoms with Crippen molar-refractivity contribution in [3.8, 4) is 0 Å². The molecular weight excluding hydrogens is 304 g/mol. The highest BCUT2D eigenvalue weighted by atomic mass is 32.2. The number of hydrogen-bond acceptors (Lipinski definition) is 4. The Morgan fingerprint density at radius 2 is 1.95 bits per heavy atom. The van der Waals surface area contributed by atoms with Gasteiger partial charge in [-0.3, -0.25) is 0 Å². The van der Waals surface area contributed by atoms with E-state index < -0.39 is 10.0 Å². The van der Waals surface area contributed by atoms with E-state index >= 15 is 0 Å². The van der Waals surface area contributed by atoms with Crippen molar-refractivity contribution in [1.82, 2.24) is 4.72 Å². The zero-order chi connectivity index (χ0) is 15.3. The number of rotatable bonds is 7. The van der Waals surface area contributed by atoms with Gasteiger partial charge in [0.1, 0.15) is 0 Å². The van der Waals surface area contributed by atoms with Crippen molar-refractivity contribution < 1.29 is 8.42 Å². The molecule has 0 aliphatic heterocycles. The molecule has 0 radical (unpaired) electrons. The zero-order valence-electron chi connectivity index (χ0n) is 12.0. The molecule has 2 aromatic rings. The molecule has 1 atom stereocenters. The number of hydrogen-bond donors (Lipinski definition) is 2. The van der Waals surface area contributed by atoms with E-state index in [1.165, 1.54) is 4.88 Å². The summed E-state index contributed by atoms with van der Waals surface area (Å²) in [4.78, 5) is 1.46. The van der Waals surface area contributed by atoms with Crippen LogP contribution in [0.4, 0.5) is 0 Å². The minimum absolute atomic E-state index is 0.141. The van der Waals surface area contributed by atoms with E-state index in [1.54, 1.807) is 23.5 Å². The lowest BCUT2D eigenvalue weighted by Crippen LogP contribution is -2.33. The van der Waals surface area contributed by atoms with E-state index in [9.17, 15) is 8.42 Å². The molecule has 6 heteroatoms. The molecule has 0 bridgehead atoms. The van der Waals surface area contributed by atoms with Crippen LogP contribution in [-0.2, 0) is 22.9 Å². The Balaban J connectivity index is 2.03. The fourth-order valence-corrected chi connectivity index (χ4v) is 4.19. The third-order valence-corrected chi connectivity index (χ3v) is 5.61. The summed E-state index contributed by atoms with van der Waals surface area (Å²) in [6.45, 7) is 2.43. The number of nitrogens with two attached hydrogens (primary N) is 1. The molecule has 114 valence electrons. The minimum atomic E-state index is -3.47. The van der Waals surface area contributed by atoms with Gasteiger partial charge in [0.25, 0.3) is 0 Å². The molecule has 0 saturated carbocycles. The Bertz CT molecular complexity index is 649. The fraction of sp³-hybridized carbons (Fsp3) is 0.333. The van der Waals surface area contributed by atoms with Gasteiger partial charge in [-0.1, -0.05) is 18.2 Å². The molecule has 2 rings (SSSR count). The Morgan fingerprint density at radius 3 is 2.52 bits per heavy atom. The Morgan fingerprint density at radius 1 is 1.24 bits per heavy atom. The van der Waals surface area contributed by atoms with Crippen LogP contribution < -0.4 is 10.5 Å². The topological polar surface area (TPSA) is 72.2 Å². The molecule has 1 heterocycles. The molecule has 1 aromatic heterocycles. The number of thiophene rings is 1. The van der Waals surface area contributed by atoms with Gasteiger partial charge in [-0.15, -0.1) is 11.3 Å². The average Bonchev–Trinajstić information content (AvgIpc) is 2.92. The standard InChI is InChI=1S/C15H20N2O2S2/c1-12(11-14-3-2-10-20-14)17-21(18,19)15-6-4-13(5-7-15)8-9-16/h2-7,10,12,17H,8-9,11,16H2,1H3. The summed E-state index contributed by atoms with van der Waals surface area (Å²) in [7, 11) is -3.47. The Kier molecular flexibility index (Phi) is 5.52. The molecule has 21 heavy (non-hydrogen) atoms. The van der Waals surface area contributed by atoms with Crippen LogP contribution in [0, 0.1) is 0 Å². The van der Waals surface area contributed by atoms with E-state index in [0.29, 0.717) is 17.9 Å². The second-order valence-corrected chi connectivity index (χ2v) is 7.73. The first kappa shape index (κ1) is 16.2. The predicted octanol–water partition coefficient (Wildman–Crippen LogP) is 2.16. The zero-order valence-corrected chi connectivity index (χ0v) is 13.6. The molecule has 0 fully saturated rings. The van der Waals surface area contributed by atoms with Crippen molar-refractivity contribution in [2.45, 2.75) is 30.7 Å². The van der Waals surface area contributed by atoms with Gasteiger partial charge in [-0.05, 0) is 55.5 Å². The van der Waals surface area contributed by atoms with Gasteiger partial charge in [-0.25, -0.2) is 13.1 Å². The lowest BCUT2D eigenvalue weighted by atomic mass is 10.2. The number of benzene rings is 1. The van der Waals surface area contributed by atoms with E-state index in [2.05, 4.69) is 4.72 Å². The molecule has 1 aromatic carbocycles. The summed E-state index contributed by atoms with van der Waals surface area (Å²) in [5, 5.41) is 1.99. The highest BCUT2D eigenvalue weighted by molar-refractivity contribution is 7.89. The molecule has 0 amide bonds. The summed E-state index contributed by atoms with van der Waals surface area (Å²) in [5.74, 6) is 0. The van der Waals surface area contributed by atoms with Crippen molar-refractivity contribution >= 4 is 21.4 Å². The molecule has 0 saturated heterocycles. The third kappa shape index (κ3) is 4.64. The first-order valence-corrected chi connectivity index (χ1v) is 9.21. The van der Waals surface area contributed by atoms with Gasteiger partial charge in [-0.2, -0.15) is 0 Å². The van der Waals surface area contributed by atoms with Crippen LogP contribution in [0.2, 0.25) is 0 Å². The lowest BCUT2D eigenvalue weighted by Gasteiger charge is -2.13. The highest BCUT2D eigenvalue weighted by Crippen LogP contribution is 2.14. The highest BCUT2D eigenvalue weighted by Gasteiger charge is 2.17. The number of nitrogens with one attached hydrogen (secondary N) is 1. The van der Waals surface area contributed by atoms with Crippen LogP contribution in [0.15, 0.2) is 46.7 Å². The maximum absolute atomic E-state index is 12.3. The van der Waals surface area contributed by atoms with Crippen molar-refractivity contribution in [3.63, 3.8) is 0 Å². The van der Waals surface area contributed by atoms with Crippen LogP contribution in [0.3, 0.4) is 0 Å². The van der Waals surface area contributed by atoms with Gasteiger partial charge in [0.2, 0.25) is 10.0 Å². The first-order chi connectivity index (χ1) is 10.0. The summed E-state index contributed by atoms with van der Waals surface area (Å²) in [6.07, 6.45) is 1.45. The quantitative estimate of drug-likeness (QED) is 0.820. The molecule has 3 N–H and O–H groups in total. The van der Waals surface area contributed by atoms with Gasteiger partial charge >= 0.3 is 0 Å². The minimum Gasteiger partial charge on any atom is -0.330 e. The molecule has 4 nitrogen and oxygen atoms in total. The molecule has 0 aliphatic rings. The lowest BCUT2D eigenvalue weighted by molar-refractivity contribution is 0.560. The molecule has 1 unspecified atom stereocenters. The van der Waals surface area contributed by atoms with Crippen LogP contribution in [0.1, 0.15) is 17.4 Å². The van der Waals surface area contributed by atoms with Gasteiger partial charge in [0.15, 0.2) is 0 Å². The maximum atomic E-state index is 12.3. The summed E-state index contributed by atoms with van der Waals surface area (Å²) in [5.41, 5.74) is 6.53. The van der Waals surface area contributed by atoms with Crippen molar-refractivity contribution in [1.29, 1.82) is 0 Å². The van der Waals surface area contributed by atoms with E-state index in [4.69, 9.17) is 5.73 Å². The summed E-state index contributed by atoms with van der Waals surface area (Å²) >= 11 is 1.63. The van der Waals surface area contributed by atoms with Gasteiger partial charge in [0.05, 0.1) is 4.90 Å². The fourth-order valence-electron chi connectivity index (χ4n) is 2.11. The maximum Gasteiger partial charge on any atom is 0.240 e. The first-order valence-electron chi connectivity index (χ1n) is 6.85. The van der Waals surface area contributed by atoms with Crippen LogP contribution in [-0.4, -0.2) is 21.0 Å². The monoisotopic (exact) mass is 324 g/mol. The normalized spacial score (nSPS) is 13.2. The van der Waals surface area contributed by atoms with Crippen molar-refractivity contribution in [2.24, 2.45) is 5.73 Å². The average molecular weight is 324 g/mol. The van der Waals surface area contributed by atoms with Crippen LogP contribution in [0.25, 0.3) is 0 Å². The SMILES string of the molecule is CC(Cc1cccs1)NS(=O)(=O)c1ccc(CCN)cc1. The summed E-state index contributed by atoms with van der Waals surface area (Å²) < 4.78 is 27.3.